The van der Waals surface area contributed by atoms with Crippen LogP contribution in [0.5, 0.6) is 0 Å². The highest BCUT2D eigenvalue weighted by Gasteiger charge is 2.28. The summed E-state index contributed by atoms with van der Waals surface area (Å²) in [5.41, 5.74) is 4.77. The molecule has 0 spiro atoms. The average Bonchev–Trinajstić information content (AvgIpc) is 3.39. The Labute approximate surface area is 173 Å². The van der Waals surface area contributed by atoms with E-state index in [4.69, 9.17) is 0 Å². The number of thioether (sulfide) groups is 1. The number of ketones is 1. The van der Waals surface area contributed by atoms with Gasteiger partial charge in [-0.15, -0.1) is 0 Å². The molecule has 29 heavy (non-hydrogen) atoms. The van der Waals surface area contributed by atoms with Gasteiger partial charge in [0.2, 0.25) is 0 Å². The van der Waals surface area contributed by atoms with E-state index in [-0.39, 0.29) is 5.78 Å². The number of carbonyl (C=O) groups excluding carboxylic acids is 1. The van der Waals surface area contributed by atoms with Crippen LogP contribution in [0.2, 0.25) is 0 Å². The number of nitrogens with zero attached hydrogens (tertiary/aromatic N) is 5. The molecule has 4 aromatic rings. The highest BCUT2D eigenvalue weighted by molar-refractivity contribution is 8.00. The Balaban J connectivity index is 1.39. The van der Waals surface area contributed by atoms with Crippen molar-refractivity contribution in [3.05, 3.63) is 65.9 Å². The summed E-state index contributed by atoms with van der Waals surface area (Å²) in [4.78, 5) is 21.7. The molecule has 0 amide bonds. The zero-order valence-corrected chi connectivity index (χ0v) is 17.2. The van der Waals surface area contributed by atoms with Crippen LogP contribution in [-0.4, -0.2) is 35.9 Å². The first kappa shape index (κ1) is 18.1. The SMILES string of the molecule is Cc1cc(C(=O)CSc2ncnc3c2cnn3-c2ccccc2)c(C)n1C1CC1. The van der Waals surface area contributed by atoms with Crippen molar-refractivity contribution in [3.63, 3.8) is 0 Å². The maximum atomic E-state index is 12.9. The van der Waals surface area contributed by atoms with Crippen molar-refractivity contribution >= 4 is 28.6 Å². The van der Waals surface area contributed by atoms with Gasteiger partial charge in [0.25, 0.3) is 0 Å². The number of aryl methyl sites for hydroxylation is 1. The van der Waals surface area contributed by atoms with Crippen LogP contribution >= 0.6 is 11.8 Å². The molecule has 3 heterocycles. The lowest BCUT2D eigenvalue weighted by atomic mass is 10.2. The third-order valence-corrected chi connectivity index (χ3v) is 6.37. The van der Waals surface area contributed by atoms with Crippen LogP contribution in [0.3, 0.4) is 0 Å². The normalized spacial score (nSPS) is 13.9. The Hall–Kier alpha value is -2.93. The zero-order valence-electron chi connectivity index (χ0n) is 16.4. The summed E-state index contributed by atoms with van der Waals surface area (Å²) < 4.78 is 4.11. The van der Waals surface area contributed by atoms with Crippen molar-refractivity contribution in [2.24, 2.45) is 0 Å². The van der Waals surface area contributed by atoms with Crippen molar-refractivity contribution in [1.82, 2.24) is 24.3 Å². The monoisotopic (exact) mass is 403 g/mol. The van der Waals surface area contributed by atoms with Crippen molar-refractivity contribution < 1.29 is 4.79 Å². The number of Topliss-reactive ketones (excluding diaryl/α,β-unsaturated/α-hetero) is 1. The molecule has 1 aromatic carbocycles. The van der Waals surface area contributed by atoms with Gasteiger partial charge in [-0.1, -0.05) is 30.0 Å². The van der Waals surface area contributed by atoms with Gasteiger partial charge in [-0.25, -0.2) is 14.6 Å². The lowest BCUT2D eigenvalue weighted by Crippen LogP contribution is -2.06. The topological polar surface area (TPSA) is 65.6 Å². The molecule has 0 radical (unpaired) electrons. The molecule has 7 heteroatoms. The van der Waals surface area contributed by atoms with Gasteiger partial charge >= 0.3 is 0 Å². The molecule has 1 aliphatic carbocycles. The average molecular weight is 404 g/mol. The van der Waals surface area contributed by atoms with E-state index in [9.17, 15) is 4.79 Å². The number of aromatic nitrogens is 5. The van der Waals surface area contributed by atoms with Crippen LogP contribution in [0.4, 0.5) is 0 Å². The van der Waals surface area contributed by atoms with Gasteiger partial charge in [0, 0.05) is 23.0 Å². The fraction of sp³-hybridized carbons (Fsp3) is 0.273. The lowest BCUT2D eigenvalue weighted by molar-refractivity contribution is 0.102. The van der Waals surface area contributed by atoms with Crippen molar-refractivity contribution in [1.29, 1.82) is 0 Å². The lowest BCUT2D eigenvalue weighted by Gasteiger charge is -2.07. The van der Waals surface area contributed by atoms with Crippen LogP contribution in [0.25, 0.3) is 16.7 Å². The van der Waals surface area contributed by atoms with Crippen LogP contribution in [0.15, 0.2) is 53.9 Å². The Kier molecular flexibility index (Phi) is 4.47. The van der Waals surface area contributed by atoms with Crippen molar-refractivity contribution in [2.45, 2.75) is 37.8 Å². The standard InChI is InChI=1S/C22H21N5OS/c1-14-10-18(15(2)26(14)16-8-9-16)20(28)12-29-22-19-11-25-27(21(19)23-13-24-22)17-6-4-3-5-7-17/h3-7,10-11,13,16H,8-9,12H2,1-2H3. The summed E-state index contributed by atoms with van der Waals surface area (Å²) >= 11 is 1.45. The van der Waals surface area contributed by atoms with E-state index in [2.05, 4.69) is 33.5 Å². The minimum Gasteiger partial charge on any atom is -0.345 e. The van der Waals surface area contributed by atoms with E-state index in [1.54, 1.807) is 10.9 Å². The number of fused-ring (bicyclic) bond motifs is 1. The predicted octanol–water partition coefficient (Wildman–Crippen LogP) is 4.54. The van der Waals surface area contributed by atoms with Crippen molar-refractivity contribution in [3.8, 4) is 5.69 Å². The molecule has 1 saturated carbocycles. The van der Waals surface area contributed by atoms with E-state index in [1.165, 1.54) is 36.6 Å². The van der Waals surface area contributed by atoms with Gasteiger partial charge in [-0.2, -0.15) is 5.10 Å². The van der Waals surface area contributed by atoms with E-state index in [1.807, 2.05) is 36.4 Å². The molecule has 5 rings (SSSR count). The van der Waals surface area contributed by atoms with Crippen LogP contribution in [-0.2, 0) is 0 Å². The molecule has 0 atom stereocenters. The molecule has 0 bridgehead atoms. The Bertz CT molecular complexity index is 1210. The minimum atomic E-state index is 0.136. The van der Waals surface area contributed by atoms with Crippen LogP contribution < -0.4 is 0 Å². The first-order valence-electron chi connectivity index (χ1n) is 9.72. The first-order chi connectivity index (χ1) is 14.1. The van der Waals surface area contributed by atoms with Gasteiger partial charge in [-0.05, 0) is 44.9 Å². The maximum absolute atomic E-state index is 12.9. The summed E-state index contributed by atoms with van der Waals surface area (Å²) in [7, 11) is 0. The fourth-order valence-corrected chi connectivity index (χ4v) is 4.71. The second kappa shape index (κ2) is 7.15. The summed E-state index contributed by atoms with van der Waals surface area (Å²) in [5.74, 6) is 0.481. The van der Waals surface area contributed by atoms with Gasteiger partial charge in [0.15, 0.2) is 11.4 Å². The minimum absolute atomic E-state index is 0.136. The number of benzene rings is 1. The third-order valence-electron chi connectivity index (χ3n) is 5.37. The molecular formula is C22H21N5OS. The molecule has 1 fully saturated rings. The summed E-state index contributed by atoms with van der Waals surface area (Å²) in [5, 5.41) is 6.12. The molecule has 146 valence electrons. The van der Waals surface area contributed by atoms with E-state index >= 15 is 0 Å². The number of hydrogen-bond acceptors (Lipinski definition) is 5. The molecule has 3 aromatic heterocycles. The molecule has 0 saturated heterocycles. The number of carbonyl (C=O) groups is 1. The largest absolute Gasteiger partial charge is 0.345 e. The third kappa shape index (κ3) is 3.25. The van der Waals surface area contributed by atoms with E-state index in [0.717, 1.165) is 33.0 Å². The Morgan fingerprint density at radius 3 is 2.72 bits per heavy atom. The van der Waals surface area contributed by atoms with Crippen molar-refractivity contribution in [2.75, 3.05) is 5.75 Å². The van der Waals surface area contributed by atoms with Gasteiger partial charge < -0.3 is 4.57 Å². The zero-order chi connectivity index (χ0) is 20.0. The molecule has 0 aliphatic heterocycles. The highest BCUT2D eigenvalue weighted by Crippen LogP contribution is 2.38. The number of rotatable bonds is 6. The van der Waals surface area contributed by atoms with Crippen LogP contribution in [0.1, 0.15) is 40.6 Å². The Morgan fingerprint density at radius 2 is 1.97 bits per heavy atom. The fourth-order valence-electron chi connectivity index (χ4n) is 3.86. The first-order valence-corrected chi connectivity index (χ1v) is 10.7. The molecule has 0 N–H and O–H groups in total. The summed E-state index contributed by atoms with van der Waals surface area (Å²) in [6.07, 6.45) is 5.73. The summed E-state index contributed by atoms with van der Waals surface area (Å²) in [6.45, 7) is 4.14. The van der Waals surface area contributed by atoms with E-state index < -0.39 is 0 Å². The number of hydrogen-bond donors (Lipinski definition) is 0. The van der Waals surface area contributed by atoms with Crippen LogP contribution in [0, 0.1) is 13.8 Å². The van der Waals surface area contributed by atoms with Gasteiger partial charge in [0.1, 0.15) is 11.4 Å². The highest BCUT2D eigenvalue weighted by atomic mass is 32.2. The second-order valence-electron chi connectivity index (χ2n) is 7.41. The summed E-state index contributed by atoms with van der Waals surface area (Å²) in [6, 6.07) is 12.5. The second-order valence-corrected chi connectivity index (χ2v) is 8.37. The molecule has 1 aliphatic rings. The van der Waals surface area contributed by atoms with E-state index in [0.29, 0.717) is 11.8 Å². The van der Waals surface area contributed by atoms with Gasteiger partial charge in [0.05, 0.1) is 23.0 Å². The maximum Gasteiger partial charge on any atom is 0.174 e. The number of para-hydroxylation sites is 1. The molecule has 6 nitrogen and oxygen atoms in total. The smallest absolute Gasteiger partial charge is 0.174 e. The predicted molar refractivity (Wildman–Crippen MR) is 114 cm³/mol. The van der Waals surface area contributed by atoms with Gasteiger partial charge in [-0.3, -0.25) is 4.79 Å². The Morgan fingerprint density at radius 1 is 1.17 bits per heavy atom. The quantitative estimate of drug-likeness (QED) is 0.269. The molecular weight excluding hydrogens is 382 g/mol. The molecule has 0 unspecified atom stereocenters.